The van der Waals surface area contributed by atoms with Crippen molar-refractivity contribution < 1.29 is 0 Å². The standard InChI is InChI=1S/C14H23N3S/c1-9(2)13-8-11(16-17-14(15)18)7-10-5-3-4-6-12(10)13/h7,9,12-13H,3-6,8H2,1-2H3,(H3,15,17,18)/b16-11+/t12-,13-/m1/s1. The normalized spacial score (nSPS) is 29.9. The number of nitrogens with zero attached hydrogens (tertiary/aromatic N) is 1. The zero-order valence-electron chi connectivity index (χ0n) is 11.3. The molecule has 3 nitrogen and oxygen atoms in total. The quantitative estimate of drug-likeness (QED) is 0.596. The average Bonchev–Trinajstić information content (AvgIpc) is 2.35. The number of hydrogen-bond acceptors (Lipinski definition) is 2. The summed E-state index contributed by atoms with van der Waals surface area (Å²) in [5, 5.41) is 4.57. The highest BCUT2D eigenvalue weighted by atomic mass is 32.1. The van der Waals surface area contributed by atoms with E-state index in [1.54, 1.807) is 5.57 Å². The molecule has 0 radical (unpaired) electrons. The topological polar surface area (TPSA) is 50.4 Å². The van der Waals surface area contributed by atoms with Crippen LogP contribution in [0, 0.1) is 17.8 Å². The maximum absolute atomic E-state index is 5.43. The molecule has 0 aromatic rings. The van der Waals surface area contributed by atoms with Crippen LogP contribution in [0.3, 0.4) is 0 Å². The van der Waals surface area contributed by atoms with Crippen molar-refractivity contribution in [1.82, 2.24) is 5.43 Å². The summed E-state index contributed by atoms with van der Waals surface area (Å²) in [5.41, 5.74) is 10.8. The van der Waals surface area contributed by atoms with Crippen LogP contribution < -0.4 is 11.2 Å². The molecule has 0 amide bonds. The molecular formula is C14H23N3S. The SMILES string of the molecule is CC(C)[C@H]1C/C(=N/NC(N)=S)C=C2CCCC[C@H]21. The lowest BCUT2D eigenvalue weighted by Gasteiger charge is -2.38. The van der Waals surface area contributed by atoms with E-state index >= 15 is 0 Å². The lowest BCUT2D eigenvalue weighted by atomic mass is 9.67. The first-order valence-corrected chi connectivity index (χ1v) is 7.31. The van der Waals surface area contributed by atoms with Crippen LogP contribution in [0.5, 0.6) is 0 Å². The minimum atomic E-state index is 0.243. The largest absolute Gasteiger partial charge is 0.375 e. The molecule has 1 fully saturated rings. The fourth-order valence-electron chi connectivity index (χ4n) is 3.29. The van der Waals surface area contributed by atoms with E-state index in [2.05, 4.69) is 30.5 Å². The van der Waals surface area contributed by atoms with Gasteiger partial charge in [0.2, 0.25) is 0 Å². The van der Waals surface area contributed by atoms with Crippen LogP contribution in [0.25, 0.3) is 0 Å². The lowest BCUT2D eigenvalue weighted by molar-refractivity contribution is 0.249. The van der Waals surface area contributed by atoms with Crippen molar-refractivity contribution in [2.75, 3.05) is 0 Å². The van der Waals surface area contributed by atoms with E-state index in [0.29, 0.717) is 5.92 Å². The Kier molecular flexibility index (Phi) is 4.38. The van der Waals surface area contributed by atoms with Gasteiger partial charge in [-0.3, -0.25) is 5.43 Å². The van der Waals surface area contributed by atoms with Crippen LogP contribution in [-0.4, -0.2) is 10.8 Å². The summed E-state index contributed by atoms with van der Waals surface area (Å²) >= 11 is 4.80. The van der Waals surface area contributed by atoms with Crippen molar-refractivity contribution in [3.05, 3.63) is 11.6 Å². The monoisotopic (exact) mass is 265 g/mol. The molecule has 18 heavy (non-hydrogen) atoms. The number of nitrogens with two attached hydrogens (primary N) is 1. The van der Waals surface area contributed by atoms with E-state index in [9.17, 15) is 0 Å². The van der Waals surface area contributed by atoms with Crippen molar-refractivity contribution in [2.45, 2.75) is 46.0 Å². The van der Waals surface area contributed by atoms with Crippen LogP contribution in [0.15, 0.2) is 16.8 Å². The molecule has 0 aliphatic heterocycles. The first-order valence-electron chi connectivity index (χ1n) is 6.90. The molecule has 4 heteroatoms. The summed E-state index contributed by atoms with van der Waals surface area (Å²) in [6.45, 7) is 4.64. The van der Waals surface area contributed by atoms with Crippen molar-refractivity contribution >= 4 is 23.0 Å². The molecule has 3 N–H and O–H groups in total. The zero-order valence-corrected chi connectivity index (χ0v) is 12.1. The molecule has 100 valence electrons. The van der Waals surface area contributed by atoms with Crippen LogP contribution in [0.2, 0.25) is 0 Å². The highest BCUT2D eigenvalue weighted by molar-refractivity contribution is 7.80. The molecule has 2 rings (SSSR count). The van der Waals surface area contributed by atoms with E-state index in [-0.39, 0.29) is 5.11 Å². The number of allylic oxidation sites excluding steroid dienone is 2. The number of hydrazone groups is 1. The zero-order chi connectivity index (χ0) is 13.1. The molecule has 1 saturated carbocycles. The second-order valence-corrected chi connectivity index (χ2v) is 6.20. The third kappa shape index (κ3) is 3.10. The maximum Gasteiger partial charge on any atom is 0.184 e. The Morgan fingerprint density at radius 1 is 1.50 bits per heavy atom. The highest BCUT2D eigenvalue weighted by Crippen LogP contribution is 2.42. The lowest BCUT2D eigenvalue weighted by Crippen LogP contribution is -2.32. The van der Waals surface area contributed by atoms with E-state index in [0.717, 1.165) is 24.0 Å². The maximum atomic E-state index is 5.43. The molecule has 0 bridgehead atoms. The van der Waals surface area contributed by atoms with E-state index in [4.69, 9.17) is 18.0 Å². The van der Waals surface area contributed by atoms with Gasteiger partial charge in [-0.05, 0) is 61.7 Å². The molecule has 2 atom stereocenters. The van der Waals surface area contributed by atoms with Crippen molar-refractivity contribution in [2.24, 2.45) is 28.6 Å². The van der Waals surface area contributed by atoms with Gasteiger partial charge in [-0.1, -0.05) is 25.8 Å². The molecule has 2 aliphatic carbocycles. The van der Waals surface area contributed by atoms with Gasteiger partial charge in [-0.2, -0.15) is 5.10 Å². The van der Waals surface area contributed by atoms with Gasteiger partial charge >= 0.3 is 0 Å². The second kappa shape index (κ2) is 5.83. The van der Waals surface area contributed by atoms with Gasteiger partial charge in [-0.15, -0.1) is 0 Å². The molecule has 0 aromatic heterocycles. The summed E-state index contributed by atoms with van der Waals surface area (Å²) in [6, 6.07) is 0. The predicted octanol–water partition coefficient (Wildman–Crippen LogP) is 2.97. The van der Waals surface area contributed by atoms with Crippen LogP contribution >= 0.6 is 12.2 Å². The molecular weight excluding hydrogens is 242 g/mol. The summed E-state index contributed by atoms with van der Waals surface area (Å²) in [6.07, 6.45) is 8.60. The van der Waals surface area contributed by atoms with Crippen molar-refractivity contribution in [3.63, 3.8) is 0 Å². The fourth-order valence-corrected chi connectivity index (χ4v) is 3.34. The van der Waals surface area contributed by atoms with Gasteiger partial charge in [-0.25, -0.2) is 0 Å². The summed E-state index contributed by atoms with van der Waals surface area (Å²) in [5.74, 6) is 2.20. The highest BCUT2D eigenvalue weighted by Gasteiger charge is 2.33. The first kappa shape index (κ1) is 13.5. The Hall–Kier alpha value is -0.900. The number of hydrogen-bond donors (Lipinski definition) is 2. The molecule has 2 aliphatic rings. The van der Waals surface area contributed by atoms with Crippen molar-refractivity contribution in [1.29, 1.82) is 0 Å². The minimum Gasteiger partial charge on any atom is -0.375 e. The van der Waals surface area contributed by atoms with E-state index < -0.39 is 0 Å². The van der Waals surface area contributed by atoms with Gasteiger partial charge in [0.25, 0.3) is 0 Å². The van der Waals surface area contributed by atoms with E-state index in [1.165, 1.54) is 25.7 Å². The van der Waals surface area contributed by atoms with E-state index in [1.807, 2.05) is 0 Å². The fraction of sp³-hybridized carbons (Fsp3) is 0.714. The van der Waals surface area contributed by atoms with Crippen LogP contribution in [-0.2, 0) is 0 Å². The van der Waals surface area contributed by atoms with Crippen LogP contribution in [0.1, 0.15) is 46.0 Å². The number of nitrogens with one attached hydrogen (secondary N) is 1. The minimum absolute atomic E-state index is 0.243. The summed E-state index contributed by atoms with van der Waals surface area (Å²) in [7, 11) is 0. The van der Waals surface area contributed by atoms with Crippen LogP contribution in [0.4, 0.5) is 0 Å². The molecule has 0 saturated heterocycles. The first-order chi connectivity index (χ1) is 8.58. The van der Waals surface area contributed by atoms with Gasteiger partial charge < -0.3 is 5.73 Å². The van der Waals surface area contributed by atoms with Gasteiger partial charge in [0.05, 0.1) is 5.71 Å². The molecule has 0 heterocycles. The Morgan fingerprint density at radius 2 is 2.28 bits per heavy atom. The number of rotatable bonds is 2. The number of fused-ring (bicyclic) bond motifs is 1. The number of thiocarbonyl (C=S) groups is 1. The van der Waals surface area contributed by atoms with Gasteiger partial charge in [0.15, 0.2) is 5.11 Å². The van der Waals surface area contributed by atoms with Gasteiger partial charge in [0.1, 0.15) is 0 Å². The second-order valence-electron chi connectivity index (χ2n) is 5.76. The third-order valence-corrected chi connectivity index (χ3v) is 4.28. The molecule has 0 aromatic carbocycles. The van der Waals surface area contributed by atoms with Crippen molar-refractivity contribution in [3.8, 4) is 0 Å². The Bertz CT molecular complexity index is 385. The summed E-state index contributed by atoms with van der Waals surface area (Å²) < 4.78 is 0. The average molecular weight is 265 g/mol. The molecule has 0 unspecified atom stereocenters. The summed E-state index contributed by atoms with van der Waals surface area (Å²) in [4.78, 5) is 0. The Balaban J connectivity index is 2.20. The Labute approximate surface area is 115 Å². The molecule has 0 spiro atoms. The third-order valence-electron chi connectivity index (χ3n) is 4.19. The predicted molar refractivity (Wildman–Crippen MR) is 80.3 cm³/mol. The Morgan fingerprint density at radius 3 is 2.94 bits per heavy atom. The smallest absolute Gasteiger partial charge is 0.184 e. The van der Waals surface area contributed by atoms with Gasteiger partial charge in [0, 0.05) is 0 Å².